The zero-order valence-electron chi connectivity index (χ0n) is 9.96. The van der Waals surface area contributed by atoms with Crippen molar-refractivity contribution in [1.29, 1.82) is 0 Å². The molecule has 4 heteroatoms. The molecular weight excluding hydrogens is 285 g/mol. The number of alkyl halides is 1. The van der Waals surface area contributed by atoms with Crippen molar-refractivity contribution >= 4 is 21.6 Å². The molecule has 1 fully saturated rings. The molecule has 2 nitrogen and oxygen atoms in total. The van der Waals surface area contributed by atoms with Crippen LogP contribution in [0.25, 0.3) is 0 Å². The van der Waals surface area contributed by atoms with E-state index >= 15 is 0 Å². The molecule has 1 aromatic rings. The van der Waals surface area contributed by atoms with Crippen LogP contribution in [0.2, 0.25) is 0 Å². The maximum Gasteiger partial charge on any atom is 0.129 e. The van der Waals surface area contributed by atoms with Gasteiger partial charge in [0.05, 0.1) is 6.10 Å². The lowest BCUT2D eigenvalue weighted by atomic mass is 10.1. The summed E-state index contributed by atoms with van der Waals surface area (Å²) in [5, 5.41) is 0.542. The molecule has 0 bridgehead atoms. The van der Waals surface area contributed by atoms with E-state index in [1.807, 2.05) is 6.07 Å². The van der Waals surface area contributed by atoms with E-state index in [0.717, 1.165) is 37.4 Å². The van der Waals surface area contributed by atoms with Gasteiger partial charge in [0.25, 0.3) is 0 Å². The molecule has 1 heterocycles. The summed E-state index contributed by atoms with van der Waals surface area (Å²) in [6.07, 6.45) is 1.19. The molecule has 1 saturated heterocycles. The molecule has 0 saturated carbocycles. The molecule has 1 aliphatic rings. The van der Waals surface area contributed by atoms with E-state index in [-0.39, 0.29) is 11.9 Å². The fourth-order valence-electron chi connectivity index (χ4n) is 2.19. The molecule has 94 valence electrons. The molecule has 0 N–H and O–H groups in total. The van der Waals surface area contributed by atoms with Crippen molar-refractivity contribution in [1.82, 2.24) is 0 Å². The highest BCUT2D eigenvalue weighted by molar-refractivity contribution is 9.08. The Morgan fingerprint density at radius 1 is 1.53 bits per heavy atom. The van der Waals surface area contributed by atoms with Crippen LogP contribution in [0.4, 0.5) is 10.1 Å². The van der Waals surface area contributed by atoms with Gasteiger partial charge in [-0.15, -0.1) is 0 Å². The minimum absolute atomic E-state index is 0.141. The molecule has 2 rings (SSSR count). The van der Waals surface area contributed by atoms with Crippen LogP contribution in [0.1, 0.15) is 18.9 Å². The Morgan fingerprint density at radius 2 is 2.35 bits per heavy atom. The van der Waals surface area contributed by atoms with Crippen LogP contribution in [0.3, 0.4) is 0 Å². The number of anilines is 1. The Kier molecular flexibility index (Phi) is 4.40. The maximum absolute atomic E-state index is 13.7. The minimum Gasteiger partial charge on any atom is -0.377 e. The van der Waals surface area contributed by atoms with Crippen LogP contribution >= 0.6 is 15.9 Å². The molecule has 17 heavy (non-hydrogen) atoms. The van der Waals surface area contributed by atoms with Gasteiger partial charge in [0.1, 0.15) is 5.82 Å². The topological polar surface area (TPSA) is 12.5 Å². The second-order valence-corrected chi connectivity index (χ2v) is 4.91. The predicted molar refractivity (Wildman–Crippen MR) is 71.3 cm³/mol. The van der Waals surface area contributed by atoms with E-state index in [4.69, 9.17) is 4.74 Å². The summed E-state index contributed by atoms with van der Waals surface area (Å²) in [7, 11) is 0. The predicted octanol–water partition coefficient (Wildman–Crippen LogP) is 3.34. The number of halogens is 2. The molecule has 0 spiro atoms. The van der Waals surface area contributed by atoms with Gasteiger partial charge in [-0.3, -0.25) is 0 Å². The number of ether oxygens (including phenoxy) is 1. The monoisotopic (exact) mass is 301 g/mol. The van der Waals surface area contributed by atoms with Crippen LogP contribution in [0.5, 0.6) is 0 Å². The minimum atomic E-state index is -0.141. The third kappa shape index (κ3) is 2.99. The van der Waals surface area contributed by atoms with Gasteiger partial charge in [0, 0.05) is 36.3 Å². The van der Waals surface area contributed by atoms with Gasteiger partial charge in [-0.05, 0) is 25.5 Å². The van der Waals surface area contributed by atoms with E-state index in [0.29, 0.717) is 5.33 Å². The van der Waals surface area contributed by atoms with Gasteiger partial charge in [-0.25, -0.2) is 4.39 Å². The van der Waals surface area contributed by atoms with Crippen LogP contribution in [0, 0.1) is 5.82 Å². The first-order valence-corrected chi connectivity index (χ1v) is 7.04. The number of rotatable bonds is 2. The summed E-state index contributed by atoms with van der Waals surface area (Å²) in [4.78, 5) is 2.22. The van der Waals surface area contributed by atoms with Crippen molar-refractivity contribution in [3.8, 4) is 0 Å². The second-order valence-electron chi connectivity index (χ2n) is 4.35. The largest absolute Gasteiger partial charge is 0.377 e. The number of hydrogen-bond acceptors (Lipinski definition) is 2. The molecule has 1 aliphatic heterocycles. The average molecular weight is 302 g/mol. The van der Waals surface area contributed by atoms with Gasteiger partial charge >= 0.3 is 0 Å². The molecule has 1 unspecified atom stereocenters. The van der Waals surface area contributed by atoms with Crippen molar-refractivity contribution in [2.24, 2.45) is 0 Å². The number of hydrogen-bond donors (Lipinski definition) is 0. The highest BCUT2D eigenvalue weighted by Crippen LogP contribution is 2.27. The molecule has 1 aromatic carbocycles. The molecule has 0 aromatic heterocycles. The zero-order chi connectivity index (χ0) is 12.3. The van der Waals surface area contributed by atoms with Crippen molar-refractivity contribution in [3.05, 3.63) is 29.6 Å². The third-order valence-corrected chi connectivity index (χ3v) is 3.58. The van der Waals surface area contributed by atoms with Crippen LogP contribution in [-0.4, -0.2) is 25.8 Å². The van der Waals surface area contributed by atoms with Gasteiger partial charge < -0.3 is 9.64 Å². The first-order chi connectivity index (χ1) is 8.22. The van der Waals surface area contributed by atoms with E-state index < -0.39 is 0 Å². The molecule has 0 aliphatic carbocycles. The van der Waals surface area contributed by atoms with E-state index in [1.165, 1.54) is 6.07 Å². The lowest BCUT2D eigenvalue weighted by Gasteiger charge is -2.26. The zero-order valence-corrected chi connectivity index (χ0v) is 11.5. The number of benzene rings is 1. The first kappa shape index (κ1) is 12.8. The Bertz CT molecular complexity index is 386. The molecule has 0 radical (unpaired) electrons. The summed E-state index contributed by atoms with van der Waals surface area (Å²) in [6.45, 7) is 4.60. The lowest BCUT2D eigenvalue weighted by molar-refractivity contribution is 0.0821. The quantitative estimate of drug-likeness (QED) is 0.777. The summed E-state index contributed by atoms with van der Waals surface area (Å²) in [6, 6.07) is 5.27. The Morgan fingerprint density at radius 3 is 3.12 bits per heavy atom. The standard InChI is InChI=1S/C13H17BrFNO/c1-10-9-16(6-3-7-17-10)13-5-2-4-12(15)11(13)8-14/h2,4-5,10H,3,6-9H2,1H3. The fourth-order valence-corrected chi connectivity index (χ4v) is 2.74. The Balaban J connectivity index is 2.28. The van der Waals surface area contributed by atoms with Crippen LogP contribution < -0.4 is 4.90 Å². The van der Waals surface area contributed by atoms with Crippen LogP contribution in [0.15, 0.2) is 18.2 Å². The second kappa shape index (κ2) is 5.83. The normalized spacial score (nSPS) is 21.4. The molecule has 0 amide bonds. The van der Waals surface area contributed by atoms with E-state index in [1.54, 1.807) is 6.07 Å². The van der Waals surface area contributed by atoms with Crippen molar-refractivity contribution in [2.75, 3.05) is 24.6 Å². The van der Waals surface area contributed by atoms with Gasteiger partial charge in [-0.2, -0.15) is 0 Å². The third-order valence-electron chi connectivity index (χ3n) is 3.02. The summed E-state index contributed by atoms with van der Waals surface area (Å²) < 4.78 is 19.3. The maximum atomic E-state index is 13.7. The summed E-state index contributed by atoms with van der Waals surface area (Å²) in [5.41, 5.74) is 1.72. The van der Waals surface area contributed by atoms with E-state index in [9.17, 15) is 4.39 Å². The SMILES string of the molecule is CC1CN(c2cccc(F)c2CBr)CCCO1. The highest BCUT2D eigenvalue weighted by atomic mass is 79.9. The van der Waals surface area contributed by atoms with Crippen molar-refractivity contribution < 1.29 is 9.13 Å². The first-order valence-electron chi connectivity index (χ1n) is 5.92. The van der Waals surface area contributed by atoms with Crippen molar-refractivity contribution in [2.45, 2.75) is 24.8 Å². The molecule has 1 atom stereocenters. The van der Waals surface area contributed by atoms with Gasteiger partial charge in [0.2, 0.25) is 0 Å². The highest BCUT2D eigenvalue weighted by Gasteiger charge is 2.18. The lowest BCUT2D eigenvalue weighted by Crippen LogP contribution is -2.31. The molecular formula is C13H17BrFNO. The van der Waals surface area contributed by atoms with Crippen LogP contribution in [-0.2, 0) is 10.1 Å². The van der Waals surface area contributed by atoms with Crippen molar-refractivity contribution in [3.63, 3.8) is 0 Å². The summed E-state index contributed by atoms with van der Waals surface area (Å²) in [5.74, 6) is -0.141. The number of nitrogens with zero attached hydrogens (tertiary/aromatic N) is 1. The van der Waals surface area contributed by atoms with Gasteiger partial charge in [-0.1, -0.05) is 22.0 Å². The summed E-state index contributed by atoms with van der Waals surface area (Å²) >= 11 is 3.36. The van der Waals surface area contributed by atoms with E-state index in [2.05, 4.69) is 27.8 Å². The smallest absolute Gasteiger partial charge is 0.129 e. The average Bonchev–Trinajstić information content (AvgIpc) is 2.53. The fraction of sp³-hybridized carbons (Fsp3) is 0.538. The Labute approximate surface area is 110 Å². The van der Waals surface area contributed by atoms with Gasteiger partial charge in [0.15, 0.2) is 0 Å². The Hall–Kier alpha value is -0.610.